The van der Waals surface area contributed by atoms with Crippen molar-refractivity contribution < 1.29 is 27.1 Å². The SMILES string of the molecule is Cc1cc(OCc2ccc(C(=O)Nc3c(C)nn(Cc4cccc(C(F)(F)F)c4)c3C)o2)c(C(C)C)cc1Cl. The van der Waals surface area contributed by atoms with Crippen molar-refractivity contribution in [2.24, 2.45) is 0 Å². The number of carbonyl (C=O) groups excluding carboxylic acids is 1. The maximum atomic E-state index is 13.1. The number of nitrogens with one attached hydrogen (secondary N) is 1. The van der Waals surface area contributed by atoms with Gasteiger partial charge in [-0.05, 0) is 79.8 Å². The number of rotatable bonds is 8. The number of nitrogens with zero attached hydrogens (tertiary/aromatic N) is 2. The summed E-state index contributed by atoms with van der Waals surface area (Å²) in [5.74, 6) is 0.993. The van der Waals surface area contributed by atoms with Crippen LogP contribution in [-0.2, 0) is 19.3 Å². The van der Waals surface area contributed by atoms with Crippen molar-refractivity contribution in [1.29, 1.82) is 0 Å². The van der Waals surface area contributed by atoms with Gasteiger partial charge in [0.2, 0.25) is 0 Å². The molecule has 10 heteroatoms. The number of amides is 1. The molecule has 2 heterocycles. The molecule has 0 fully saturated rings. The number of ether oxygens (including phenoxy) is 1. The Labute approximate surface area is 229 Å². The Morgan fingerprint density at radius 2 is 1.87 bits per heavy atom. The molecule has 6 nitrogen and oxygen atoms in total. The monoisotopic (exact) mass is 559 g/mol. The number of hydrogen-bond acceptors (Lipinski definition) is 4. The lowest BCUT2D eigenvalue weighted by Gasteiger charge is -2.15. The van der Waals surface area contributed by atoms with Gasteiger partial charge in [-0.15, -0.1) is 0 Å². The largest absolute Gasteiger partial charge is 0.485 e. The lowest BCUT2D eigenvalue weighted by Crippen LogP contribution is -2.13. The standard InChI is InChI=1S/C29H29ClF3N3O3/c1-16(2)23-13-24(30)17(3)11-26(23)38-15-22-9-10-25(39-22)28(37)34-27-18(4)35-36(19(27)5)14-20-7-6-8-21(12-20)29(31,32)33/h6-13,16H,14-15H2,1-5H3,(H,34,37). The first kappa shape index (κ1) is 28.3. The van der Waals surface area contributed by atoms with E-state index in [1.807, 2.05) is 19.1 Å². The summed E-state index contributed by atoms with van der Waals surface area (Å²) in [6, 6.07) is 12.1. The molecule has 4 aromatic rings. The molecule has 0 atom stereocenters. The fraction of sp³-hybridized carbons (Fsp3) is 0.310. The molecule has 206 valence electrons. The summed E-state index contributed by atoms with van der Waals surface area (Å²) in [5.41, 5.74) is 3.20. The maximum Gasteiger partial charge on any atom is 0.416 e. The summed E-state index contributed by atoms with van der Waals surface area (Å²) in [7, 11) is 0. The number of carbonyl (C=O) groups is 1. The molecule has 0 unspecified atom stereocenters. The first-order valence-corrected chi connectivity index (χ1v) is 12.7. The highest BCUT2D eigenvalue weighted by molar-refractivity contribution is 6.31. The summed E-state index contributed by atoms with van der Waals surface area (Å²) in [5, 5.41) is 7.89. The molecule has 0 radical (unpaired) electrons. The minimum Gasteiger partial charge on any atom is -0.485 e. The second-order valence-electron chi connectivity index (χ2n) is 9.70. The van der Waals surface area contributed by atoms with Crippen LogP contribution in [0.15, 0.2) is 52.9 Å². The first-order valence-electron chi connectivity index (χ1n) is 12.4. The number of furan rings is 1. The number of aromatic nitrogens is 2. The molecule has 4 rings (SSSR count). The molecule has 2 aromatic heterocycles. The Balaban J connectivity index is 1.45. The number of alkyl halides is 3. The van der Waals surface area contributed by atoms with Gasteiger partial charge in [-0.3, -0.25) is 9.48 Å². The summed E-state index contributed by atoms with van der Waals surface area (Å²) < 4.78 is 52.5. The van der Waals surface area contributed by atoms with Gasteiger partial charge in [-0.1, -0.05) is 37.6 Å². The summed E-state index contributed by atoms with van der Waals surface area (Å²) in [6.07, 6.45) is -4.43. The number of hydrogen-bond donors (Lipinski definition) is 1. The van der Waals surface area contributed by atoms with E-state index in [1.54, 1.807) is 36.7 Å². The number of aryl methyl sites for hydroxylation is 2. The van der Waals surface area contributed by atoms with Gasteiger partial charge in [0.25, 0.3) is 5.91 Å². The van der Waals surface area contributed by atoms with Crippen LogP contribution in [0.1, 0.15) is 69.7 Å². The van der Waals surface area contributed by atoms with Gasteiger partial charge in [0.05, 0.1) is 29.2 Å². The van der Waals surface area contributed by atoms with Crippen LogP contribution in [0, 0.1) is 20.8 Å². The van der Waals surface area contributed by atoms with Crippen LogP contribution >= 0.6 is 11.6 Å². The zero-order valence-corrected chi connectivity index (χ0v) is 23.0. The van der Waals surface area contributed by atoms with Crippen molar-refractivity contribution in [3.8, 4) is 5.75 Å². The molecular weight excluding hydrogens is 531 g/mol. The van der Waals surface area contributed by atoms with E-state index in [1.165, 1.54) is 6.07 Å². The quantitative estimate of drug-likeness (QED) is 0.237. The van der Waals surface area contributed by atoms with Crippen LogP contribution < -0.4 is 10.1 Å². The highest BCUT2D eigenvalue weighted by Gasteiger charge is 2.30. The van der Waals surface area contributed by atoms with Crippen LogP contribution in [0.5, 0.6) is 5.75 Å². The molecule has 0 aliphatic carbocycles. The highest BCUT2D eigenvalue weighted by Crippen LogP contribution is 2.33. The summed E-state index contributed by atoms with van der Waals surface area (Å²) in [4.78, 5) is 12.9. The Bertz CT molecular complexity index is 1510. The Morgan fingerprint density at radius 3 is 2.56 bits per heavy atom. The van der Waals surface area contributed by atoms with Crippen LogP contribution in [0.25, 0.3) is 0 Å². The molecular formula is C29H29ClF3N3O3. The van der Waals surface area contributed by atoms with E-state index in [0.717, 1.165) is 23.3 Å². The lowest BCUT2D eigenvalue weighted by atomic mass is 10.0. The van der Waals surface area contributed by atoms with E-state index in [4.69, 9.17) is 20.8 Å². The molecule has 0 saturated carbocycles. The molecule has 39 heavy (non-hydrogen) atoms. The van der Waals surface area contributed by atoms with E-state index in [2.05, 4.69) is 24.3 Å². The van der Waals surface area contributed by atoms with E-state index in [-0.39, 0.29) is 24.8 Å². The molecule has 1 amide bonds. The van der Waals surface area contributed by atoms with E-state index < -0.39 is 17.6 Å². The average Bonchev–Trinajstić information content (AvgIpc) is 3.44. The third kappa shape index (κ3) is 6.47. The second kappa shape index (κ2) is 11.2. The van der Waals surface area contributed by atoms with E-state index in [9.17, 15) is 18.0 Å². The van der Waals surface area contributed by atoms with Crippen LogP contribution in [0.2, 0.25) is 5.02 Å². The second-order valence-corrected chi connectivity index (χ2v) is 10.1. The van der Waals surface area contributed by atoms with Crippen LogP contribution in [0.3, 0.4) is 0 Å². The number of benzene rings is 2. The first-order chi connectivity index (χ1) is 18.3. The van der Waals surface area contributed by atoms with Crippen LogP contribution in [0.4, 0.5) is 18.9 Å². The van der Waals surface area contributed by atoms with Crippen LogP contribution in [-0.4, -0.2) is 15.7 Å². The van der Waals surface area contributed by atoms with E-state index >= 15 is 0 Å². The normalized spacial score (nSPS) is 11.7. The average molecular weight is 560 g/mol. The number of halogens is 4. The van der Waals surface area contributed by atoms with Gasteiger partial charge in [0.1, 0.15) is 18.1 Å². The minimum absolute atomic E-state index is 0.0920. The lowest BCUT2D eigenvalue weighted by molar-refractivity contribution is -0.137. The summed E-state index contributed by atoms with van der Waals surface area (Å²) >= 11 is 6.27. The maximum absolute atomic E-state index is 13.1. The number of anilines is 1. The Kier molecular flexibility index (Phi) is 8.11. The fourth-order valence-electron chi connectivity index (χ4n) is 4.20. The molecule has 0 aliphatic rings. The van der Waals surface area contributed by atoms with Gasteiger partial charge >= 0.3 is 6.18 Å². The molecule has 0 aliphatic heterocycles. The van der Waals surface area contributed by atoms with Gasteiger partial charge in [-0.2, -0.15) is 18.3 Å². The van der Waals surface area contributed by atoms with Gasteiger partial charge in [0, 0.05) is 5.02 Å². The highest BCUT2D eigenvalue weighted by atomic mass is 35.5. The molecule has 2 aromatic carbocycles. The molecule has 0 spiro atoms. The molecule has 1 N–H and O–H groups in total. The zero-order chi connectivity index (χ0) is 28.5. The third-order valence-electron chi connectivity index (χ3n) is 6.38. The molecule has 0 saturated heterocycles. The smallest absolute Gasteiger partial charge is 0.416 e. The Hall–Kier alpha value is -3.72. The summed E-state index contributed by atoms with van der Waals surface area (Å²) in [6.45, 7) is 9.71. The molecule has 0 bridgehead atoms. The van der Waals surface area contributed by atoms with Crippen molar-refractivity contribution in [2.75, 3.05) is 5.32 Å². The predicted octanol–water partition coefficient (Wildman–Crippen LogP) is 8.08. The van der Waals surface area contributed by atoms with Crippen molar-refractivity contribution in [3.05, 3.63) is 98.7 Å². The zero-order valence-electron chi connectivity index (χ0n) is 22.2. The van der Waals surface area contributed by atoms with Crippen molar-refractivity contribution >= 4 is 23.2 Å². The van der Waals surface area contributed by atoms with Crippen molar-refractivity contribution in [2.45, 2.75) is 59.9 Å². The topological polar surface area (TPSA) is 69.3 Å². The fourth-order valence-corrected chi connectivity index (χ4v) is 4.37. The van der Waals surface area contributed by atoms with Gasteiger partial charge < -0.3 is 14.5 Å². The van der Waals surface area contributed by atoms with E-state index in [0.29, 0.717) is 39.2 Å². The minimum atomic E-state index is -4.43. The third-order valence-corrected chi connectivity index (χ3v) is 6.78. The van der Waals surface area contributed by atoms with Crippen molar-refractivity contribution in [1.82, 2.24) is 9.78 Å². The van der Waals surface area contributed by atoms with Gasteiger partial charge in [0.15, 0.2) is 5.76 Å². The predicted molar refractivity (Wildman–Crippen MR) is 144 cm³/mol. The van der Waals surface area contributed by atoms with Gasteiger partial charge in [-0.25, -0.2) is 0 Å². The Morgan fingerprint density at radius 1 is 1.13 bits per heavy atom. The van der Waals surface area contributed by atoms with Crippen molar-refractivity contribution in [3.63, 3.8) is 0 Å².